The molecule has 0 bridgehead atoms. The van der Waals surface area contributed by atoms with Gasteiger partial charge >= 0.3 is 0 Å². The van der Waals surface area contributed by atoms with Crippen LogP contribution in [0.25, 0.3) is 0 Å². The number of benzene rings is 1. The number of hydrogen-bond acceptors (Lipinski definition) is 4. The first kappa shape index (κ1) is 23.0. The van der Waals surface area contributed by atoms with Crippen molar-refractivity contribution in [2.75, 3.05) is 47.0 Å². The van der Waals surface area contributed by atoms with E-state index in [2.05, 4.69) is 51.7 Å². The first-order valence-electron chi connectivity index (χ1n) is 11.5. The maximum atomic E-state index is 5.66. The van der Waals surface area contributed by atoms with Gasteiger partial charge in [0, 0.05) is 53.5 Å². The molecular weight excluding hydrogens is 376 g/mol. The first-order valence-corrected chi connectivity index (χ1v) is 11.5. The van der Waals surface area contributed by atoms with Crippen molar-refractivity contribution in [3.63, 3.8) is 0 Å². The normalized spacial score (nSPS) is 22.2. The summed E-state index contributed by atoms with van der Waals surface area (Å²) in [5.74, 6) is 0.881. The summed E-state index contributed by atoms with van der Waals surface area (Å²) < 4.78 is 11.0. The van der Waals surface area contributed by atoms with Gasteiger partial charge in [-0.25, -0.2) is 0 Å². The third-order valence-electron chi connectivity index (χ3n) is 6.54. The van der Waals surface area contributed by atoms with Crippen molar-refractivity contribution in [1.82, 2.24) is 15.5 Å². The average molecular weight is 417 g/mol. The smallest absolute Gasteiger partial charge is 0.191 e. The number of morpholine rings is 1. The predicted octanol–water partition coefficient (Wildman–Crippen LogP) is 3.17. The summed E-state index contributed by atoms with van der Waals surface area (Å²) in [6.07, 6.45) is 6.66. The lowest BCUT2D eigenvalue weighted by Gasteiger charge is -2.31. The topological polar surface area (TPSA) is 58.1 Å². The Morgan fingerprint density at radius 1 is 1.27 bits per heavy atom. The van der Waals surface area contributed by atoms with Crippen molar-refractivity contribution < 1.29 is 9.47 Å². The van der Waals surface area contributed by atoms with Crippen LogP contribution in [0.1, 0.15) is 50.2 Å². The fourth-order valence-electron chi connectivity index (χ4n) is 4.77. The average Bonchev–Trinajstić information content (AvgIpc) is 3.22. The van der Waals surface area contributed by atoms with Crippen molar-refractivity contribution in [2.45, 2.75) is 58.2 Å². The molecule has 0 spiro atoms. The van der Waals surface area contributed by atoms with E-state index in [9.17, 15) is 0 Å². The molecule has 1 saturated carbocycles. The van der Waals surface area contributed by atoms with E-state index in [1.54, 1.807) is 7.11 Å². The molecule has 3 rings (SSSR count). The number of guanidine groups is 1. The summed E-state index contributed by atoms with van der Waals surface area (Å²) in [5, 5.41) is 7.07. The minimum Gasteiger partial charge on any atom is -0.385 e. The SMILES string of the molecule is CN=C(NCc1cccc(CN2CCOC(C)C2)c1)NCC1(CCOC)CCCC1. The number of hydrogen-bond donors (Lipinski definition) is 2. The second-order valence-corrected chi connectivity index (χ2v) is 8.97. The molecule has 6 heteroatoms. The molecule has 1 aliphatic carbocycles. The van der Waals surface area contributed by atoms with Crippen molar-refractivity contribution in [3.8, 4) is 0 Å². The van der Waals surface area contributed by atoms with E-state index in [1.165, 1.54) is 36.8 Å². The van der Waals surface area contributed by atoms with Crippen LogP contribution in [0, 0.1) is 5.41 Å². The van der Waals surface area contributed by atoms with Gasteiger partial charge in [-0.15, -0.1) is 0 Å². The number of rotatable bonds is 9. The van der Waals surface area contributed by atoms with Crippen LogP contribution in [-0.2, 0) is 22.6 Å². The van der Waals surface area contributed by atoms with Crippen LogP contribution >= 0.6 is 0 Å². The van der Waals surface area contributed by atoms with Gasteiger partial charge in [0.15, 0.2) is 5.96 Å². The zero-order valence-corrected chi connectivity index (χ0v) is 19.1. The first-order chi connectivity index (χ1) is 14.6. The third-order valence-corrected chi connectivity index (χ3v) is 6.54. The van der Waals surface area contributed by atoms with Crippen molar-refractivity contribution >= 4 is 5.96 Å². The van der Waals surface area contributed by atoms with Crippen LogP contribution < -0.4 is 10.6 Å². The monoisotopic (exact) mass is 416 g/mol. The van der Waals surface area contributed by atoms with Gasteiger partial charge in [0.25, 0.3) is 0 Å². The lowest BCUT2D eigenvalue weighted by molar-refractivity contribution is -0.0212. The van der Waals surface area contributed by atoms with Gasteiger partial charge in [-0.1, -0.05) is 37.1 Å². The molecule has 1 heterocycles. The van der Waals surface area contributed by atoms with Crippen LogP contribution in [0.2, 0.25) is 0 Å². The molecule has 2 aliphatic rings. The number of methoxy groups -OCH3 is 1. The molecule has 168 valence electrons. The van der Waals surface area contributed by atoms with Gasteiger partial charge in [0.1, 0.15) is 0 Å². The number of ether oxygens (including phenoxy) is 2. The molecule has 2 fully saturated rings. The van der Waals surface area contributed by atoms with E-state index in [0.29, 0.717) is 11.5 Å². The molecule has 1 aromatic rings. The van der Waals surface area contributed by atoms with Crippen LogP contribution in [0.5, 0.6) is 0 Å². The molecular formula is C24H40N4O2. The Kier molecular flexibility index (Phi) is 8.97. The standard InChI is InChI=1S/C24H40N4O2/c1-20-17-28(12-14-30-20)18-22-8-6-7-21(15-22)16-26-23(25-2)27-19-24(11-13-29-3)9-4-5-10-24/h6-8,15,20H,4-5,9-14,16-19H2,1-3H3,(H2,25,26,27). The van der Waals surface area contributed by atoms with E-state index < -0.39 is 0 Å². The largest absolute Gasteiger partial charge is 0.385 e. The fourth-order valence-corrected chi connectivity index (χ4v) is 4.77. The van der Waals surface area contributed by atoms with E-state index in [4.69, 9.17) is 9.47 Å². The maximum Gasteiger partial charge on any atom is 0.191 e. The molecule has 1 aliphatic heterocycles. The van der Waals surface area contributed by atoms with E-state index in [0.717, 1.165) is 58.3 Å². The van der Waals surface area contributed by atoms with Gasteiger partial charge in [0.05, 0.1) is 12.7 Å². The highest BCUT2D eigenvalue weighted by atomic mass is 16.5. The zero-order valence-electron chi connectivity index (χ0n) is 19.1. The molecule has 0 aromatic heterocycles. The van der Waals surface area contributed by atoms with Crippen molar-refractivity contribution in [1.29, 1.82) is 0 Å². The highest BCUT2D eigenvalue weighted by Gasteiger charge is 2.33. The Labute approximate surface area is 182 Å². The van der Waals surface area contributed by atoms with E-state index in [-0.39, 0.29) is 0 Å². The molecule has 0 radical (unpaired) electrons. The van der Waals surface area contributed by atoms with Crippen LogP contribution in [-0.4, -0.2) is 64.0 Å². The number of aliphatic imine (C=N–C) groups is 1. The zero-order chi connectivity index (χ0) is 21.2. The van der Waals surface area contributed by atoms with E-state index >= 15 is 0 Å². The van der Waals surface area contributed by atoms with Crippen LogP contribution in [0.15, 0.2) is 29.3 Å². The minimum atomic E-state index is 0.324. The Hall–Kier alpha value is -1.63. The summed E-state index contributed by atoms with van der Waals surface area (Å²) in [6.45, 7) is 8.55. The van der Waals surface area contributed by atoms with Crippen LogP contribution in [0.3, 0.4) is 0 Å². The quantitative estimate of drug-likeness (QED) is 0.478. The lowest BCUT2D eigenvalue weighted by Crippen LogP contribution is -2.43. The Morgan fingerprint density at radius 3 is 2.80 bits per heavy atom. The van der Waals surface area contributed by atoms with Gasteiger partial charge < -0.3 is 20.1 Å². The van der Waals surface area contributed by atoms with E-state index in [1.807, 2.05) is 7.05 Å². The maximum absolute atomic E-state index is 5.66. The summed E-state index contributed by atoms with van der Waals surface area (Å²) >= 11 is 0. The second-order valence-electron chi connectivity index (χ2n) is 8.97. The summed E-state index contributed by atoms with van der Waals surface area (Å²) in [6, 6.07) is 8.86. The van der Waals surface area contributed by atoms with Crippen molar-refractivity contribution in [2.24, 2.45) is 10.4 Å². The summed E-state index contributed by atoms with van der Waals surface area (Å²) in [4.78, 5) is 6.92. The van der Waals surface area contributed by atoms with Crippen LogP contribution in [0.4, 0.5) is 0 Å². The molecule has 0 amide bonds. The Balaban J connectivity index is 1.48. The fraction of sp³-hybridized carbons (Fsp3) is 0.708. The minimum absolute atomic E-state index is 0.324. The van der Waals surface area contributed by atoms with Gasteiger partial charge in [-0.2, -0.15) is 0 Å². The second kappa shape index (κ2) is 11.7. The third kappa shape index (κ3) is 6.96. The highest BCUT2D eigenvalue weighted by molar-refractivity contribution is 5.79. The Morgan fingerprint density at radius 2 is 2.07 bits per heavy atom. The molecule has 6 nitrogen and oxygen atoms in total. The lowest BCUT2D eigenvalue weighted by atomic mass is 9.83. The molecule has 30 heavy (non-hydrogen) atoms. The molecule has 1 aromatic carbocycles. The molecule has 2 N–H and O–H groups in total. The van der Waals surface area contributed by atoms with Gasteiger partial charge in [-0.3, -0.25) is 9.89 Å². The summed E-state index contributed by atoms with van der Waals surface area (Å²) in [7, 11) is 3.64. The Bertz CT molecular complexity index is 673. The molecule has 1 unspecified atom stereocenters. The molecule has 1 atom stereocenters. The van der Waals surface area contributed by atoms with Crippen molar-refractivity contribution in [3.05, 3.63) is 35.4 Å². The molecule has 1 saturated heterocycles. The number of nitrogens with one attached hydrogen (secondary N) is 2. The highest BCUT2D eigenvalue weighted by Crippen LogP contribution is 2.40. The van der Waals surface area contributed by atoms with Gasteiger partial charge in [0.2, 0.25) is 0 Å². The number of nitrogens with zero attached hydrogens (tertiary/aromatic N) is 2. The van der Waals surface area contributed by atoms with Gasteiger partial charge in [-0.05, 0) is 42.7 Å². The summed E-state index contributed by atoms with van der Waals surface area (Å²) in [5.41, 5.74) is 2.99. The predicted molar refractivity (Wildman–Crippen MR) is 123 cm³/mol.